The minimum atomic E-state index is -1.82. The summed E-state index contributed by atoms with van der Waals surface area (Å²) >= 11 is 0. The van der Waals surface area contributed by atoms with Gasteiger partial charge in [-0.05, 0) is 54.4 Å². The maximum absolute atomic E-state index is 11.7. The molecule has 4 aliphatic rings. The Labute approximate surface area is 199 Å². The van der Waals surface area contributed by atoms with Crippen molar-refractivity contribution in [3.63, 3.8) is 0 Å². The quantitative estimate of drug-likeness (QED) is 0.365. The van der Waals surface area contributed by atoms with Crippen LogP contribution in [0.2, 0.25) is 0 Å². The Morgan fingerprint density at radius 3 is 1.09 bits per heavy atom. The Bertz CT molecular complexity index is 717. The highest BCUT2D eigenvalue weighted by molar-refractivity contribution is 6.27. The zero-order valence-electron chi connectivity index (χ0n) is 20.9. The van der Waals surface area contributed by atoms with Crippen molar-refractivity contribution in [2.75, 3.05) is 39.3 Å². The molecule has 4 aliphatic heterocycles. The third-order valence-corrected chi connectivity index (χ3v) is 5.97. The molecule has 2 amide bonds. The lowest BCUT2D eigenvalue weighted by molar-refractivity contribution is -0.159. The topological polar surface area (TPSA) is 158 Å². The molecule has 0 aromatic rings. The van der Waals surface area contributed by atoms with Crippen LogP contribution in [-0.4, -0.2) is 106 Å². The van der Waals surface area contributed by atoms with Gasteiger partial charge in [0, 0.05) is 39.3 Å². The summed E-state index contributed by atoms with van der Waals surface area (Å²) < 4.78 is 10.7. The molecule has 12 nitrogen and oxygen atoms in total. The highest BCUT2D eigenvalue weighted by Gasteiger charge is 2.53. The highest BCUT2D eigenvalue weighted by atomic mass is 16.6. The first-order valence-corrected chi connectivity index (χ1v) is 11.4. The van der Waals surface area contributed by atoms with Crippen molar-refractivity contribution in [2.45, 2.75) is 76.7 Å². The van der Waals surface area contributed by atoms with Gasteiger partial charge in [0.25, 0.3) is 0 Å². The Hall–Kier alpha value is -2.60. The number of carboxylic acids is 2. The number of ether oxygens (including phenoxy) is 2. The molecule has 0 bridgehead atoms. The fourth-order valence-electron chi connectivity index (χ4n) is 3.85. The highest BCUT2D eigenvalue weighted by Crippen LogP contribution is 2.36. The third kappa shape index (κ3) is 6.72. The SMILES string of the molecule is CC(C)(C)OC(=O)N1CCC12CNC2.CC(C)(C)OC(=O)N1CCC12CNC2.O=C(O)C(=O)O. The van der Waals surface area contributed by atoms with E-state index in [0.717, 1.165) is 52.1 Å². The van der Waals surface area contributed by atoms with Gasteiger partial charge in [0.05, 0.1) is 11.1 Å². The molecule has 0 unspecified atom stereocenters. The summed E-state index contributed by atoms with van der Waals surface area (Å²) in [5.74, 6) is -3.65. The van der Waals surface area contributed by atoms with E-state index in [9.17, 15) is 9.59 Å². The molecule has 0 atom stereocenters. The van der Waals surface area contributed by atoms with Gasteiger partial charge in [-0.3, -0.25) is 9.80 Å². The lowest BCUT2D eigenvalue weighted by Crippen LogP contribution is -2.77. The minimum absolute atomic E-state index is 0.0995. The normalized spacial score (nSPS) is 21.1. The van der Waals surface area contributed by atoms with Crippen LogP contribution in [0.3, 0.4) is 0 Å². The molecule has 0 radical (unpaired) electrons. The number of rotatable bonds is 0. The first-order valence-electron chi connectivity index (χ1n) is 11.4. The van der Waals surface area contributed by atoms with Crippen molar-refractivity contribution in [2.24, 2.45) is 0 Å². The van der Waals surface area contributed by atoms with Crippen molar-refractivity contribution in [1.29, 1.82) is 0 Å². The van der Waals surface area contributed by atoms with Gasteiger partial charge in [-0.15, -0.1) is 0 Å². The predicted octanol–water partition coefficient (Wildman–Crippen LogP) is 1.09. The van der Waals surface area contributed by atoms with Crippen LogP contribution in [-0.2, 0) is 19.1 Å². The average Bonchev–Trinajstić information content (AvgIpc) is 2.46. The van der Waals surface area contributed by atoms with E-state index >= 15 is 0 Å². The van der Waals surface area contributed by atoms with Gasteiger partial charge in [0.1, 0.15) is 11.2 Å². The Balaban J connectivity index is 0.000000196. The zero-order valence-corrected chi connectivity index (χ0v) is 20.9. The maximum Gasteiger partial charge on any atom is 0.414 e. The summed E-state index contributed by atoms with van der Waals surface area (Å²) in [6.45, 7) is 16.8. The third-order valence-electron chi connectivity index (χ3n) is 5.97. The molecular formula is C22H38N4O8. The summed E-state index contributed by atoms with van der Waals surface area (Å²) in [6.07, 6.45) is 1.90. The zero-order chi connectivity index (χ0) is 25.9. The fourth-order valence-corrected chi connectivity index (χ4v) is 3.85. The number of carbonyl (C=O) groups is 4. The number of likely N-dealkylation sites (tertiary alicyclic amines) is 2. The number of nitrogens with zero attached hydrogens (tertiary/aromatic N) is 2. The van der Waals surface area contributed by atoms with E-state index in [1.807, 2.05) is 51.3 Å². The van der Waals surface area contributed by atoms with Gasteiger partial charge >= 0.3 is 24.1 Å². The monoisotopic (exact) mass is 486 g/mol. The molecule has 4 fully saturated rings. The van der Waals surface area contributed by atoms with E-state index in [0.29, 0.717) is 0 Å². The molecule has 4 rings (SSSR count). The van der Waals surface area contributed by atoms with Crippen molar-refractivity contribution >= 4 is 24.1 Å². The Kier molecular flexibility index (Phi) is 8.09. The lowest BCUT2D eigenvalue weighted by Gasteiger charge is -2.58. The van der Waals surface area contributed by atoms with Gasteiger partial charge in [-0.1, -0.05) is 0 Å². The minimum Gasteiger partial charge on any atom is -0.473 e. The smallest absolute Gasteiger partial charge is 0.414 e. The van der Waals surface area contributed by atoms with Gasteiger partial charge in [-0.2, -0.15) is 0 Å². The summed E-state index contributed by atoms with van der Waals surface area (Å²) in [6, 6.07) is 0. The molecule has 0 aliphatic carbocycles. The maximum atomic E-state index is 11.7. The van der Waals surface area contributed by atoms with Crippen LogP contribution in [0.25, 0.3) is 0 Å². The Morgan fingerprint density at radius 1 is 0.676 bits per heavy atom. The standard InChI is InChI=1S/2C10H18N2O2.C2H2O4/c2*1-9(2,3)14-8(13)12-5-4-10(12)6-11-7-10;3-1(4)2(5)6/h2*11H,4-7H2,1-3H3;(H,3,4)(H,5,6). The van der Waals surface area contributed by atoms with Crippen LogP contribution in [0.5, 0.6) is 0 Å². The molecule has 12 heteroatoms. The molecule has 0 aromatic heterocycles. The summed E-state index contributed by atoms with van der Waals surface area (Å²) in [4.78, 5) is 45.4. The number of nitrogens with one attached hydrogen (secondary N) is 2. The fraction of sp³-hybridized carbons (Fsp3) is 0.818. The van der Waals surface area contributed by atoms with Crippen LogP contribution in [0, 0.1) is 0 Å². The van der Waals surface area contributed by atoms with Crippen LogP contribution < -0.4 is 10.6 Å². The number of aliphatic carboxylic acids is 2. The number of hydrogen-bond acceptors (Lipinski definition) is 8. The summed E-state index contributed by atoms with van der Waals surface area (Å²) in [5.41, 5.74) is -0.569. The number of hydrogen-bond donors (Lipinski definition) is 4. The second-order valence-electron chi connectivity index (χ2n) is 11.0. The van der Waals surface area contributed by atoms with Crippen molar-refractivity contribution in [3.05, 3.63) is 0 Å². The van der Waals surface area contributed by atoms with Gasteiger partial charge in [-0.25, -0.2) is 19.2 Å². The van der Waals surface area contributed by atoms with E-state index in [4.69, 9.17) is 29.3 Å². The van der Waals surface area contributed by atoms with E-state index in [-0.39, 0.29) is 34.5 Å². The second-order valence-corrected chi connectivity index (χ2v) is 11.0. The molecule has 194 valence electrons. The number of carbonyl (C=O) groups excluding carboxylic acids is 2. The molecule has 4 saturated heterocycles. The molecule has 0 saturated carbocycles. The molecule has 4 N–H and O–H groups in total. The van der Waals surface area contributed by atoms with E-state index in [1.165, 1.54) is 0 Å². The molecule has 0 aromatic carbocycles. The van der Waals surface area contributed by atoms with Crippen LogP contribution >= 0.6 is 0 Å². The molecule has 4 heterocycles. The summed E-state index contributed by atoms with van der Waals surface area (Å²) in [7, 11) is 0. The van der Waals surface area contributed by atoms with Crippen molar-refractivity contribution in [1.82, 2.24) is 20.4 Å². The Morgan fingerprint density at radius 2 is 0.971 bits per heavy atom. The van der Waals surface area contributed by atoms with Gasteiger partial charge in [0.15, 0.2) is 0 Å². The second kappa shape index (κ2) is 9.95. The first kappa shape index (κ1) is 27.6. The van der Waals surface area contributed by atoms with E-state index in [1.54, 1.807) is 0 Å². The average molecular weight is 487 g/mol. The first-order chi connectivity index (χ1) is 15.5. The van der Waals surface area contributed by atoms with Gasteiger partial charge < -0.3 is 30.3 Å². The van der Waals surface area contributed by atoms with Crippen LogP contribution in [0.4, 0.5) is 9.59 Å². The predicted molar refractivity (Wildman–Crippen MR) is 122 cm³/mol. The number of carboxylic acid groups (broad SMARTS) is 2. The largest absolute Gasteiger partial charge is 0.473 e. The number of amides is 2. The molecule has 2 spiro atoms. The van der Waals surface area contributed by atoms with Crippen LogP contribution in [0.15, 0.2) is 0 Å². The van der Waals surface area contributed by atoms with Crippen LogP contribution in [0.1, 0.15) is 54.4 Å². The van der Waals surface area contributed by atoms with Crippen molar-refractivity contribution < 1.29 is 38.9 Å². The van der Waals surface area contributed by atoms with Crippen molar-refractivity contribution in [3.8, 4) is 0 Å². The summed E-state index contributed by atoms with van der Waals surface area (Å²) in [5, 5.41) is 21.2. The van der Waals surface area contributed by atoms with E-state index < -0.39 is 11.9 Å². The van der Waals surface area contributed by atoms with E-state index in [2.05, 4.69) is 10.6 Å². The molecular weight excluding hydrogens is 448 g/mol. The lowest BCUT2D eigenvalue weighted by atomic mass is 9.80. The van der Waals surface area contributed by atoms with Gasteiger partial charge in [0.2, 0.25) is 0 Å². The molecule has 34 heavy (non-hydrogen) atoms.